The molecule has 1 saturated carbocycles. The molecule has 1 saturated heterocycles. The Morgan fingerprint density at radius 2 is 2.00 bits per heavy atom. The fourth-order valence-corrected chi connectivity index (χ4v) is 3.82. The number of rotatable bonds is 12. The molecule has 160 valence electrons. The lowest BCUT2D eigenvalue weighted by molar-refractivity contribution is 0.0169. The molecule has 0 aromatic carbocycles. The van der Waals surface area contributed by atoms with Crippen molar-refractivity contribution in [2.45, 2.75) is 71.0 Å². The van der Waals surface area contributed by atoms with Crippen molar-refractivity contribution in [1.82, 2.24) is 10.6 Å². The molecule has 2 atom stereocenters. The van der Waals surface area contributed by atoms with Gasteiger partial charge in [-0.3, -0.25) is 4.99 Å². The summed E-state index contributed by atoms with van der Waals surface area (Å²) in [6.07, 6.45) is 9.06. The molecule has 2 fully saturated rings. The van der Waals surface area contributed by atoms with Crippen LogP contribution in [0.5, 0.6) is 0 Å². The number of halogens is 1. The largest absolute Gasteiger partial charge is 0.379 e. The van der Waals surface area contributed by atoms with Crippen molar-refractivity contribution in [3.05, 3.63) is 0 Å². The summed E-state index contributed by atoms with van der Waals surface area (Å²) in [5.74, 6) is 1.64. The number of nitrogens with one attached hydrogen (secondary N) is 2. The van der Waals surface area contributed by atoms with Gasteiger partial charge in [0.15, 0.2) is 5.96 Å². The van der Waals surface area contributed by atoms with Gasteiger partial charge in [0.25, 0.3) is 0 Å². The fourth-order valence-electron chi connectivity index (χ4n) is 3.82. The van der Waals surface area contributed by atoms with Crippen LogP contribution >= 0.6 is 24.0 Å². The second-order valence-corrected chi connectivity index (χ2v) is 7.22. The van der Waals surface area contributed by atoms with E-state index >= 15 is 0 Å². The number of hydrogen-bond donors (Lipinski definition) is 2. The quantitative estimate of drug-likeness (QED) is 0.188. The zero-order valence-electron chi connectivity index (χ0n) is 17.2. The molecule has 1 heterocycles. The van der Waals surface area contributed by atoms with Crippen LogP contribution in [0.15, 0.2) is 4.99 Å². The zero-order valence-corrected chi connectivity index (χ0v) is 19.5. The van der Waals surface area contributed by atoms with E-state index in [0.717, 1.165) is 77.2 Å². The molecule has 0 bridgehead atoms. The Hall–Kier alpha value is -0.120. The highest BCUT2D eigenvalue weighted by molar-refractivity contribution is 14.0. The van der Waals surface area contributed by atoms with Crippen molar-refractivity contribution in [1.29, 1.82) is 0 Å². The van der Waals surface area contributed by atoms with Crippen LogP contribution in [0.2, 0.25) is 0 Å². The lowest BCUT2D eigenvalue weighted by Crippen LogP contribution is -2.39. The van der Waals surface area contributed by atoms with Gasteiger partial charge in [-0.1, -0.05) is 12.8 Å². The molecule has 0 amide bonds. The lowest BCUT2D eigenvalue weighted by atomic mass is 9.98. The third-order valence-corrected chi connectivity index (χ3v) is 5.19. The summed E-state index contributed by atoms with van der Waals surface area (Å²) >= 11 is 0. The van der Waals surface area contributed by atoms with Gasteiger partial charge < -0.3 is 24.8 Å². The molecular formula is C20H40IN3O3. The van der Waals surface area contributed by atoms with E-state index in [0.29, 0.717) is 6.10 Å². The van der Waals surface area contributed by atoms with Crippen LogP contribution in [-0.2, 0) is 14.2 Å². The average molecular weight is 497 g/mol. The average Bonchev–Trinajstić information content (AvgIpc) is 3.34. The molecule has 27 heavy (non-hydrogen) atoms. The van der Waals surface area contributed by atoms with E-state index in [2.05, 4.69) is 29.5 Å². The highest BCUT2D eigenvalue weighted by Gasteiger charge is 2.25. The number of nitrogens with zero attached hydrogens (tertiary/aromatic N) is 1. The predicted molar refractivity (Wildman–Crippen MR) is 121 cm³/mol. The van der Waals surface area contributed by atoms with Gasteiger partial charge in [0, 0.05) is 39.5 Å². The topological polar surface area (TPSA) is 64.1 Å². The molecule has 2 unspecified atom stereocenters. The summed E-state index contributed by atoms with van der Waals surface area (Å²) in [7, 11) is 0. The van der Waals surface area contributed by atoms with Crippen LogP contribution in [0, 0.1) is 5.92 Å². The van der Waals surface area contributed by atoms with E-state index in [9.17, 15) is 0 Å². The van der Waals surface area contributed by atoms with Gasteiger partial charge >= 0.3 is 0 Å². The van der Waals surface area contributed by atoms with Gasteiger partial charge in [0.1, 0.15) is 0 Å². The van der Waals surface area contributed by atoms with E-state index in [1.165, 1.54) is 25.7 Å². The Labute approximate surface area is 182 Å². The van der Waals surface area contributed by atoms with Crippen LogP contribution in [0.4, 0.5) is 0 Å². The van der Waals surface area contributed by atoms with Crippen LogP contribution in [0.25, 0.3) is 0 Å². The SMILES string of the molecule is CCNC(=NCCCOC1CCOC1)NCCC(OCC)C1CCCC1.I. The second kappa shape index (κ2) is 15.8. The molecule has 2 aliphatic rings. The molecule has 1 aliphatic heterocycles. The molecular weight excluding hydrogens is 457 g/mol. The first-order chi connectivity index (χ1) is 12.8. The van der Waals surface area contributed by atoms with E-state index < -0.39 is 0 Å². The van der Waals surface area contributed by atoms with E-state index in [1.54, 1.807) is 0 Å². The number of hydrogen-bond acceptors (Lipinski definition) is 4. The summed E-state index contributed by atoms with van der Waals surface area (Å²) in [5, 5.41) is 6.79. The third-order valence-electron chi connectivity index (χ3n) is 5.19. The van der Waals surface area contributed by atoms with Crippen LogP contribution < -0.4 is 10.6 Å². The fraction of sp³-hybridized carbons (Fsp3) is 0.950. The lowest BCUT2D eigenvalue weighted by Gasteiger charge is -2.24. The maximum absolute atomic E-state index is 6.00. The minimum Gasteiger partial charge on any atom is -0.379 e. The number of ether oxygens (including phenoxy) is 3. The molecule has 1 aliphatic carbocycles. The Kier molecular flexibility index (Phi) is 14.5. The Bertz CT molecular complexity index is 387. The summed E-state index contributed by atoms with van der Waals surface area (Å²) < 4.78 is 17.1. The highest BCUT2D eigenvalue weighted by Crippen LogP contribution is 2.30. The van der Waals surface area contributed by atoms with Crippen molar-refractivity contribution < 1.29 is 14.2 Å². The van der Waals surface area contributed by atoms with Gasteiger partial charge in [0.05, 0.1) is 18.8 Å². The molecule has 7 heteroatoms. The Balaban J connectivity index is 0.00000364. The molecule has 2 N–H and O–H groups in total. The van der Waals surface area contributed by atoms with Crippen LogP contribution in [-0.4, -0.2) is 64.2 Å². The van der Waals surface area contributed by atoms with Crippen molar-refractivity contribution >= 4 is 29.9 Å². The summed E-state index contributed by atoms with van der Waals surface area (Å²) in [4.78, 5) is 4.66. The second-order valence-electron chi connectivity index (χ2n) is 7.22. The van der Waals surface area contributed by atoms with Gasteiger partial charge in [-0.15, -0.1) is 24.0 Å². The van der Waals surface area contributed by atoms with E-state index in [-0.39, 0.29) is 30.1 Å². The number of guanidine groups is 1. The normalized spacial score (nSPS) is 21.9. The van der Waals surface area contributed by atoms with Crippen molar-refractivity contribution in [2.75, 3.05) is 46.1 Å². The highest BCUT2D eigenvalue weighted by atomic mass is 127. The molecule has 0 radical (unpaired) electrons. The van der Waals surface area contributed by atoms with Crippen LogP contribution in [0.3, 0.4) is 0 Å². The van der Waals surface area contributed by atoms with Crippen LogP contribution in [0.1, 0.15) is 58.8 Å². The third kappa shape index (κ3) is 10.3. The first-order valence-electron chi connectivity index (χ1n) is 10.7. The van der Waals surface area contributed by atoms with E-state index in [1.807, 2.05) is 0 Å². The molecule has 0 spiro atoms. The van der Waals surface area contributed by atoms with Gasteiger partial charge in [-0.05, 0) is 51.9 Å². The first kappa shape index (κ1) is 24.9. The van der Waals surface area contributed by atoms with Gasteiger partial charge in [0.2, 0.25) is 0 Å². The van der Waals surface area contributed by atoms with Crippen molar-refractivity contribution in [3.63, 3.8) is 0 Å². The molecule has 0 aromatic rings. The maximum Gasteiger partial charge on any atom is 0.191 e. The zero-order chi connectivity index (χ0) is 18.5. The Morgan fingerprint density at radius 1 is 1.19 bits per heavy atom. The minimum absolute atomic E-state index is 0. The maximum atomic E-state index is 6.00. The molecule has 6 nitrogen and oxygen atoms in total. The van der Waals surface area contributed by atoms with Crippen molar-refractivity contribution in [3.8, 4) is 0 Å². The summed E-state index contributed by atoms with van der Waals surface area (Å²) in [5.41, 5.74) is 0. The van der Waals surface area contributed by atoms with Crippen molar-refractivity contribution in [2.24, 2.45) is 10.9 Å². The predicted octanol–water partition coefficient (Wildman–Crippen LogP) is 3.34. The standard InChI is InChI=1S/C20H39N3O3.HI/c1-3-21-20(22-12-7-14-26-18-11-15-24-16-18)23-13-10-19(25-4-2)17-8-5-6-9-17;/h17-19H,3-16H2,1-2H3,(H2,21,22,23);1H. The summed E-state index contributed by atoms with van der Waals surface area (Å²) in [6, 6.07) is 0. The minimum atomic E-state index is 0. The molecule has 0 aromatic heterocycles. The smallest absolute Gasteiger partial charge is 0.191 e. The summed E-state index contributed by atoms with van der Waals surface area (Å²) in [6.45, 7) is 9.90. The molecule has 2 rings (SSSR count). The van der Waals surface area contributed by atoms with Gasteiger partial charge in [-0.2, -0.15) is 0 Å². The monoisotopic (exact) mass is 497 g/mol. The Morgan fingerprint density at radius 3 is 2.67 bits per heavy atom. The van der Waals surface area contributed by atoms with E-state index in [4.69, 9.17) is 14.2 Å². The van der Waals surface area contributed by atoms with Gasteiger partial charge in [-0.25, -0.2) is 0 Å². The first-order valence-corrected chi connectivity index (χ1v) is 10.7. The number of aliphatic imine (C=N–C) groups is 1.